The highest BCUT2D eigenvalue weighted by molar-refractivity contribution is 7.04. The second-order valence-electron chi connectivity index (χ2n) is 17.1. The Balaban J connectivity index is 0.954. The Kier molecular flexibility index (Phi) is 6.57. The lowest BCUT2D eigenvalue weighted by molar-refractivity contribution is 0.452. The van der Waals surface area contributed by atoms with Crippen LogP contribution in [0, 0.1) is 0 Å². The van der Waals surface area contributed by atoms with E-state index in [1.165, 1.54) is 38.7 Å². The van der Waals surface area contributed by atoms with Gasteiger partial charge in [0.25, 0.3) is 20.1 Å². The molecule has 0 saturated carbocycles. The topological polar surface area (TPSA) is 43.4 Å². The van der Waals surface area contributed by atoms with E-state index in [0.717, 1.165) is 90.6 Å². The van der Waals surface area contributed by atoms with Gasteiger partial charge in [0.1, 0.15) is 46.0 Å². The molecule has 0 radical (unpaired) electrons. The molecule has 0 amide bonds. The Morgan fingerprint density at radius 1 is 0.302 bits per heavy atom. The largest absolute Gasteiger partial charge is 0.458 e. The summed E-state index contributed by atoms with van der Waals surface area (Å²) in [6, 6.07) is 66.5. The van der Waals surface area contributed by atoms with Crippen LogP contribution in [0.15, 0.2) is 188 Å². The number of ether oxygens (including phenoxy) is 4. The minimum absolute atomic E-state index is 0.0141. The van der Waals surface area contributed by atoms with E-state index in [4.69, 9.17) is 18.9 Å². The van der Waals surface area contributed by atoms with Crippen LogP contribution < -0.4 is 77.9 Å². The monoisotopic (exact) mass is 804 g/mol. The zero-order valence-electron chi connectivity index (χ0n) is 33.7. The van der Waals surface area contributed by atoms with Crippen molar-refractivity contribution in [1.29, 1.82) is 0 Å². The third-order valence-corrected chi connectivity index (χ3v) is 13.9. The molecule has 6 aliphatic heterocycles. The number of para-hydroxylation sites is 6. The molecule has 0 aromatic heterocycles. The maximum atomic E-state index is 7.18. The Morgan fingerprint density at radius 2 is 0.698 bits per heavy atom. The smallest absolute Gasteiger partial charge is 0.260 e. The van der Waals surface area contributed by atoms with Gasteiger partial charge >= 0.3 is 0 Å². The van der Waals surface area contributed by atoms with Gasteiger partial charge in [-0.15, -0.1) is 0 Å². The van der Waals surface area contributed by atoms with Crippen LogP contribution >= 0.6 is 0 Å². The molecule has 9 aromatic rings. The number of rotatable bonds is 3. The van der Waals surface area contributed by atoms with Crippen LogP contribution in [-0.2, 0) is 0 Å². The summed E-state index contributed by atoms with van der Waals surface area (Å²) in [5.41, 5.74) is 16.9. The van der Waals surface area contributed by atoms with E-state index in [1.807, 2.05) is 12.1 Å². The highest BCUT2D eigenvalue weighted by atomic mass is 16.5. The zero-order valence-corrected chi connectivity index (χ0v) is 33.7. The van der Waals surface area contributed by atoms with Gasteiger partial charge in [0.2, 0.25) is 0 Å². The maximum Gasteiger partial charge on any atom is 0.260 e. The summed E-state index contributed by atoms with van der Waals surface area (Å²) >= 11 is 0. The number of benzene rings is 9. The minimum atomic E-state index is -0.135. The van der Waals surface area contributed by atoms with Gasteiger partial charge < -0.3 is 28.7 Å². The number of anilines is 6. The molecule has 0 saturated heterocycles. The fraction of sp³-hybridized carbons (Fsp3) is 0. The van der Waals surface area contributed by atoms with E-state index in [1.54, 1.807) is 0 Å². The zero-order chi connectivity index (χ0) is 40.9. The fourth-order valence-corrected chi connectivity index (χ4v) is 11.4. The van der Waals surface area contributed by atoms with Crippen molar-refractivity contribution in [3.63, 3.8) is 0 Å². The van der Waals surface area contributed by atoms with Gasteiger partial charge in [0, 0.05) is 58.2 Å². The van der Waals surface area contributed by atoms with Gasteiger partial charge in [-0.3, -0.25) is 0 Å². The molecule has 6 heterocycles. The molecule has 0 spiro atoms. The average molecular weight is 804 g/mol. The van der Waals surface area contributed by atoms with Crippen LogP contribution in [0.25, 0.3) is 0 Å². The Labute approximate surface area is 364 Å². The molecule has 0 N–H and O–H groups in total. The van der Waals surface area contributed by atoms with Crippen molar-refractivity contribution >= 4 is 103 Å². The van der Waals surface area contributed by atoms with E-state index in [-0.39, 0.29) is 20.1 Å². The molecule has 63 heavy (non-hydrogen) atoms. The summed E-state index contributed by atoms with van der Waals surface area (Å²) < 4.78 is 28.0. The molecular weight excluding hydrogens is 773 g/mol. The summed E-state index contributed by atoms with van der Waals surface area (Å²) in [7, 11) is 0. The molecule has 15 rings (SSSR count). The molecule has 290 valence electrons. The van der Waals surface area contributed by atoms with Crippen molar-refractivity contribution in [2.45, 2.75) is 0 Å². The predicted molar refractivity (Wildman–Crippen MR) is 256 cm³/mol. The molecule has 0 atom stereocenters. The molecule has 9 heteroatoms. The number of hydrogen-bond acceptors (Lipinski definition) is 6. The molecule has 9 aromatic carbocycles. The minimum Gasteiger partial charge on any atom is -0.458 e. The van der Waals surface area contributed by atoms with Crippen molar-refractivity contribution < 1.29 is 18.9 Å². The fourth-order valence-electron chi connectivity index (χ4n) is 11.4. The van der Waals surface area contributed by atoms with Gasteiger partial charge in [0.15, 0.2) is 0 Å². The molecule has 6 nitrogen and oxygen atoms in total. The first-order chi connectivity index (χ1) is 31.2. The van der Waals surface area contributed by atoms with Crippen molar-refractivity contribution in [2.75, 3.05) is 9.80 Å². The van der Waals surface area contributed by atoms with Crippen LogP contribution in [-0.4, -0.2) is 20.1 Å². The molecular formula is C54H31B3N2O4. The highest BCUT2D eigenvalue weighted by Crippen LogP contribution is 2.47. The first-order valence-corrected chi connectivity index (χ1v) is 21.6. The summed E-state index contributed by atoms with van der Waals surface area (Å²) in [5, 5.41) is 0. The first kappa shape index (κ1) is 33.7. The maximum absolute atomic E-state index is 7.18. The summed E-state index contributed by atoms with van der Waals surface area (Å²) in [6.07, 6.45) is 0. The number of fused-ring (bicyclic) bond motifs is 14. The van der Waals surface area contributed by atoms with Gasteiger partial charge in [-0.05, 0) is 92.2 Å². The van der Waals surface area contributed by atoms with Gasteiger partial charge in [-0.1, -0.05) is 115 Å². The predicted octanol–water partition coefficient (Wildman–Crippen LogP) is 7.22. The third-order valence-electron chi connectivity index (χ3n) is 13.9. The Morgan fingerprint density at radius 3 is 1.24 bits per heavy atom. The summed E-state index contributed by atoms with van der Waals surface area (Å²) in [4.78, 5) is 4.72. The second-order valence-corrected chi connectivity index (χ2v) is 17.1. The molecule has 0 bridgehead atoms. The van der Waals surface area contributed by atoms with Crippen molar-refractivity contribution in [1.82, 2.24) is 0 Å². The molecule has 0 unspecified atom stereocenters. The quantitative estimate of drug-likeness (QED) is 0.176. The lowest BCUT2D eigenvalue weighted by Gasteiger charge is -2.47. The van der Waals surface area contributed by atoms with Crippen LogP contribution in [0.5, 0.6) is 46.0 Å². The molecule has 6 aliphatic rings. The van der Waals surface area contributed by atoms with Gasteiger partial charge in [-0.25, -0.2) is 0 Å². The van der Waals surface area contributed by atoms with Gasteiger partial charge in [-0.2, -0.15) is 0 Å². The first-order valence-electron chi connectivity index (χ1n) is 21.6. The van der Waals surface area contributed by atoms with E-state index in [9.17, 15) is 0 Å². The highest BCUT2D eigenvalue weighted by Gasteiger charge is 2.51. The average Bonchev–Trinajstić information content (AvgIpc) is 3.33. The second kappa shape index (κ2) is 12.3. The van der Waals surface area contributed by atoms with Crippen LogP contribution in [0.1, 0.15) is 0 Å². The SMILES string of the molecule is c1ccc(N(c2ccccc2)c2cc3c4c(c2)Oc2cc5c(cc2B4c2ccccc2O3)B2c3ccccc3N3c4ccccc4B4c6ccccc6Oc6cc(c2c3c64)O5)cc1. The summed E-state index contributed by atoms with van der Waals surface area (Å²) in [6.45, 7) is -0.224. The van der Waals surface area contributed by atoms with E-state index in [2.05, 4.69) is 186 Å². The number of hydrogen-bond donors (Lipinski definition) is 0. The van der Waals surface area contributed by atoms with Crippen molar-refractivity contribution in [3.05, 3.63) is 188 Å². The molecule has 0 aliphatic carbocycles. The Bertz CT molecular complexity index is 3430. The lowest BCUT2D eigenvalue weighted by Crippen LogP contribution is -2.67. The standard InChI is InChI=1S/C54H31B3N2O4/c1-3-15-32(16-4-1)58(33-17-5-2-6-18-33)34-27-47-51-48(28-34)62-46-30-45-39(29-40(46)57(51)38-22-10-14-26-44(38)60-47)56-36-20-8-12-24-42(36)59-41-23-11-7-19-35(41)55-37-21-9-13-25-43(37)61-49-31-50(63-45)53(56)54(59)52(49)55/h1-31H. The Hall–Kier alpha value is -8.03. The van der Waals surface area contributed by atoms with Crippen LogP contribution in [0.2, 0.25) is 0 Å². The summed E-state index contributed by atoms with van der Waals surface area (Å²) in [5.74, 6) is 6.45. The van der Waals surface area contributed by atoms with Crippen LogP contribution in [0.3, 0.4) is 0 Å². The van der Waals surface area contributed by atoms with Gasteiger partial charge in [0.05, 0.1) is 5.69 Å². The van der Waals surface area contributed by atoms with E-state index >= 15 is 0 Å². The van der Waals surface area contributed by atoms with Crippen molar-refractivity contribution in [2.24, 2.45) is 0 Å². The third kappa shape index (κ3) is 4.50. The lowest BCUT2D eigenvalue weighted by atomic mass is 9.28. The van der Waals surface area contributed by atoms with E-state index < -0.39 is 0 Å². The van der Waals surface area contributed by atoms with E-state index in [0.29, 0.717) is 0 Å². The van der Waals surface area contributed by atoms with Crippen molar-refractivity contribution in [3.8, 4) is 46.0 Å². The molecule has 0 fully saturated rings. The number of nitrogens with zero attached hydrogens (tertiary/aromatic N) is 2. The van der Waals surface area contributed by atoms with Crippen LogP contribution in [0.4, 0.5) is 34.1 Å². The normalized spacial score (nSPS) is 14.1.